The topological polar surface area (TPSA) is 80.5 Å². The van der Waals surface area contributed by atoms with E-state index in [-0.39, 0.29) is 11.9 Å². The predicted molar refractivity (Wildman–Crippen MR) is 76.1 cm³/mol. The van der Waals surface area contributed by atoms with Crippen LogP contribution in [-0.4, -0.2) is 48.7 Å². The number of hydrogen-bond donors (Lipinski definition) is 2. The van der Waals surface area contributed by atoms with E-state index in [9.17, 15) is 4.79 Å². The molecule has 0 aromatic carbocycles. The van der Waals surface area contributed by atoms with Gasteiger partial charge >= 0.3 is 0 Å². The molecule has 2 heterocycles. The predicted octanol–water partition coefficient (Wildman–Crippen LogP) is -0.333. The first-order chi connectivity index (χ1) is 9.13. The molecule has 0 saturated carbocycles. The zero-order valence-corrected chi connectivity index (χ0v) is 11.4. The Labute approximate surface area is 116 Å². The second-order valence-corrected chi connectivity index (χ2v) is 4.61. The molecule has 0 spiro atoms. The third-order valence-corrected chi connectivity index (χ3v) is 3.24. The van der Waals surface area contributed by atoms with Crippen LogP contribution < -0.4 is 16.0 Å². The summed E-state index contributed by atoms with van der Waals surface area (Å²) in [7, 11) is 1.61. The van der Waals surface area contributed by atoms with Gasteiger partial charge in [0.25, 0.3) is 0 Å². The lowest BCUT2D eigenvalue weighted by atomic mass is 10.2. The zero-order valence-electron chi connectivity index (χ0n) is 10.6. The number of carbonyl (C=O) groups excluding carboxylic acids is 1. The normalized spacial score (nSPS) is 19.0. The van der Waals surface area contributed by atoms with Crippen molar-refractivity contribution in [1.82, 2.24) is 10.3 Å². The van der Waals surface area contributed by atoms with Gasteiger partial charge in [-0.05, 0) is 12.1 Å². The van der Waals surface area contributed by atoms with Crippen LogP contribution >= 0.6 is 12.2 Å². The lowest BCUT2D eigenvalue weighted by Crippen LogP contribution is -2.53. The molecule has 7 heteroatoms. The third-order valence-electron chi connectivity index (χ3n) is 3.00. The maximum Gasteiger partial charge on any atom is 0.244 e. The van der Waals surface area contributed by atoms with Crippen LogP contribution in [0.4, 0.5) is 5.82 Å². The Morgan fingerprint density at radius 1 is 1.63 bits per heavy atom. The maximum atomic E-state index is 11.8. The molecular weight excluding hydrogens is 264 g/mol. The second-order valence-electron chi connectivity index (χ2n) is 4.17. The van der Waals surface area contributed by atoms with Gasteiger partial charge in [-0.25, -0.2) is 4.98 Å². The van der Waals surface area contributed by atoms with Crippen LogP contribution in [-0.2, 0) is 9.53 Å². The number of pyridine rings is 1. The highest BCUT2D eigenvalue weighted by Crippen LogP contribution is 2.17. The zero-order chi connectivity index (χ0) is 13.8. The Bertz CT molecular complexity index is 477. The van der Waals surface area contributed by atoms with Crippen molar-refractivity contribution in [2.24, 2.45) is 5.73 Å². The van der Waals surface area contributed by atoms with Crippen molar-refractivity contribution in [2.45, 2.75) is 6.04 Å². The van der Waals surface area contributed by atoms with Gasteiger partial charge in [0, 0.05) is 25.4 Å². The summed E-state index contributed by atoms with van der Waals surface area (Å²) in [5.74, 6) is 0.636. The van der Waals surface area contributed by atoms with Crippen molar-refractivity contribution in [3.63, 3.8) is 0 Å². The van der Waals surface area contributed by atoms with Gasteiger partial charge in [-0.2, -0.15) is 0 Å². The van der Waals surface area contributed by atoms with E-state index in [2.05, 4.69) is 10.3 Å². The molecule has 1 aromatic heterocycles. The molecule has 1 saturated heterocycles. The van der Waals surface area contributed by atoms with Gasteiger partial charge in [0.15, 0.2) is 0 Å². The Hall–Kier alpha value is -1.73. The van der Waals surface area contributed by atoms with Gasteiger partial charge < -0.3 is 20.7 Å². The monoisotopic (exact) mass is 280 g/mol. The van der Waals surface area contributed by atoms with Gasteiger partial charge in [-0.3, -0.25) is 4.79 Å². The van der Waals surface area contributed by atoms with Crippen molar-refractivity contribution in [1.29, 1.82) is 0 Å². The van der Waals surface area contributed by atoms with Gasteiger partial charge in [-0.15, -0.1) is 0 Å². The van der Waals surface area contributed by atoms with Gasteiger partial charge in [0.1, 0.15) is 16.8 Å². The van der Waals surface area contributed by atoms with Crippen LogP contribution in [0.3, 0.4) is 0 Å². The molecule has 1 fully saturated rings. The number of nitrogens with zero attached hydrogens (tertiary/aromatic N) is 2. The van der Waals surface area contributed by atoms with Crippen molar-refractivity contribution in [2.75, 3.05) is 31.7 Å². The van der Waals surface area contributed by atoms with E-state index in [0.717, 1.165) is 5.82 Å². The molecule has 1 aromatic rings. The molecule has 0 radical (unpaired) electrons. The van der Waals surface area contributed by atoms with E-state index in [0.29, 0.717) is 30.3 Å². The highest BCUT2D eigenvalue weighted by atomic mass is 32.1. The molecule has 1 atom stereocenters. The fourth-order valence-corrected chi connectivity index (χ4v) is 2.08. The van der Waals surface area contributed by atoms with E-state index in [4.69, 9.17) is 22.7 Å². The van der Waals surface area contributed by atoms with E-state index >= 15 is 0 Å². The second kappa shape index (κ2) is 5.94. The number of aromatic nitrogens is 1. The first-order valence-electron chi connectivity index (χ1n) is 5.95. The first kappa shape index (κ1) is 13.7. The van der Waals surface area contributed by atoms with E-state index < -0.39 is 0 Å². The fraction of sp³-hybridized carbons (Fsp3) is 0.417. The molecule has 19 heavy (non-hydrogen) atoms. The molecule has 102 valence electrons. The standard InChI is InChI=1S/C12H16N4O2S/c1-14-12(17)9-7-18-5-4-16(9)10-3-2-8(6-15-10)11(13)19/h2-3,6,9H,4-5,7H2,1H3,(H2,13,19)(H,14,17). The largest absolute Gasteiger partial charge is 0.389 e. The number of anilines is 1. The summed E-state index contributed by atoms with van der Waals surface area (Å²) in [6, 6.07) is 3.26. The minimum atomic E-state index is -0.359. The number of hydrogen-bond acceptors (Lipinski definition) is 5. The lowest BCUT2D eigenvalue weighted by molar-refractivity contribution is -0.124. The average molecular weight is 280 g/mol. The number of morpholine rings is 1. The van der Waals surface area contributed by atoms with Crippen LogP contribution in [0, 0.1) is 0 Å². The minimum Gasteiger partial charge on any atom is -0.389 e. The number of thiocarbonyl (C=S) groups is 1. The number of nitrogens with two attached hydrogens (primary N) is 1. The smallest absolute Gasteiger partial charge is 0.244 e. The summed E-state index contributed by atoms with van der Waals surface area (Å²) in [5.41, 5.74) is 6.24. The molecule has 3 N–H and O–H groups in total. The Morgan fingerprint density at radius 2 is 2.42 bits per heavy atom. The molecule has 1 amide bonds. The van der Waals surface area contributed by atoms with Crippen LogP contribution in [0.1, 0.15) is 5.56 Å². The van der Waals surface area contributed by atoms with E-state index in [1.165, 1.54) is 0 Å². The van der Waals surface area contributed by atoms with E-state index in [1.807, 2.05) is 11.0 Å². The highest BCUT2D eigenvalue weighted by Gasteiger charge is 2.29. The molecular formula is C12H16N4O2S. The van der Waals surface area contributed by atoms with Crippen molar-refractivity contribution in [3.8, 4) is 0 Å². The SMILES string of the molecule is CNC(=O)C1COCCN1c1ccc(C(N)=S)cn1. The number of ether oxygens (including phenoxy) is 1. The van der Waals surface area contributed by atoms with E-state index in [1.54, 1.807) is 19.3 Å². The average Bonchev–Trinajstić information content (AvgIpc) is 2.46. The Kier molecular flexibility index (Phi) is 4.28. The maximum absolute atomic E-state index is 11.8. The molecule has 1 unspecified atom stereocenters. The Morgan fingerprint density at radius 3 is 3.00 bits per heavy atom. The summed E-state index contributed by atoms with van der Waals surface area (Å²) < 4.78 is 5.35. The lowest BCUT2D eigenvalue weighted by Gasteiger charge is -2.35. The van der Waals surface area contributed by atoms with Crippen molar-refractivity contribution < 1.29 is 9.53 Å². The van der Waals surface area contributed by atoms with Crippen LogP contribution in [0.15, 0.2) is 18.3 Å². The quantitative estimate of drug-likeness (QED) is 0.738. The minimum absolute atomic E-state index is 0.0834. The van der Waals surface area contributed by atoms with Gasteiger partial charge in [0.05, 0.1) is 13.2 Å². The molecule has 0 bridgehead atoms. The summed E-state index contributed by atoms with van der Waals surface area (Å²) in [5, 5.41) is 2.63. The van der Waals surface area contributed by atoms with Crippen LogP contribution in [0.2, 0.25) is 0 Å². The summed E-state index contributed by atoms with van der Waals surface area (Å²) in [6.45, 7) is 1.56. The highest BCUT2D eigenvalue weighted by molar-refractivity contribution is 7.80. The number of amides is 1. The summed E-state index contributed by atoms with van der Waals surface area (Å²) in [4.78, 5) is 18.4. The Balaban J connectivity index is 2.22. The van der Waals surface area contributed by atoms with Gasteiger partial charge in [-0.1, -0.05) is 12.2 Å². The molecule has 0 aliphatic carbocycles. The number of carbonyl (C=O) groups is 1. The number of likely N-dealkylation sites (N-methyl/N-ethyl adjacent to an activating group) is 1. The molecule has 1 aliphatic rings. The number of nitrogens with one attached hydrogen (secondary N) is 1. The van der Waals surface area contributed by atoms with Crippen molar-refractivity contribution >= 4 is 28.9 Å². The molecule has 6 nitrogen and oxygen atoms in total. The van der Waals surface area contributed by atoms with Gasteiger partial charge in [0.2, 0.25) is 5.91 Å². The van der Waals surface area contributed by atoms with Crippen LogP contribution in [0.5, 0.6) is 0 Å². The van der Waals surface area contributed by atoms with Crippen molar-refractivity contribution in [3.05, 3.63) is 23.9 Å². The molecule has 1 aliphatic heterocycles. The first-order valence-corrected chi connectivity index (χ1v) is 6.36. The van der Waals surface area contributed by atoms with Crippen LogP contribution in [0.25, 0.3) is 0 Å². The summed E-state index contributed by atoms with van der Waals surface area (Å²) >= 11 is 4.89. The number of rotatable bonds is 3. The third kappa shape index (κ3) is 2.99. The fourth-order valence-electron chi connectivity index (χ4n) is 1.96. The molecule has 2 rings (SSSR count). The summed E-state index contributed by atoms with van der Waals surface area (Å²) in [6.07, 6.45) is 1.62.